The van der Waals surface area contributed by atoms with Crippen LogP contribution in [0.3, 0.4) is 0 Å². The molecule has 1 aliphatic rings. The summed E-state index contributed by atoms with van der Waals surface area (Å²) in [5.41, 5.74) is 0. The molecule has 0 bridgehead atoms. The van der Waals surface area contributed by atoms with E-state index in [1.807, 2.05) is 3.51 Å². The molecule has 0 amide bonds. The minimum atomic E-state index is 0.528. The molecule has 8 heavy (non-hydrogen) atoms. The maximum Gasteiger partial charge on any atom is -0.00270 e. The van der Waals surface area contributed by atoms with Gasteiger partial charge in [-0.1, -0.05) is 6.92 Å². The molecule has 0 radical (unpaired) electrons. The number of alkyl halides is 1. The van der Waals surface area contributed by atoms with E-state index in [9.17, 15) is 0 Å². The lowest BCUT2D eigenvalue weighted by atomic mass is 10.1. The summed E-state index contributed by atoms with van der Waals surface area (Å²) >= 11 is 0.528. The highest BCUT2D eigenvalue weighted by Gasteiger charge is 2.05. The minimum Gasteiger partial charge on any atom is -0.124 e. The molecular weight excluding hydrogens is 211 g/mol. The second kappa shape index (κ2) is 2.95. The molecule has 48 valence electrons. The summed E-state index contributed by atoms with van der Waals surface area (Å²) in [6.07, 6.45) is 2.90. The van der Waals surface area contributed by atoms with Gasteiger partial charge in [0.15, 0.2) is 0 Å². The van der Waals surface area contributed by atoms with E-state index in [0.29, 0.717) is 20.7 Å². The van der Waals surface area contributed by atoms with Gasteiger partial charge < -0.3 is 0 Å². The average molecular weight is 224 g/mol. The van der Waals surface area contributed by atoms with Gasteiger partial charge in [-0.2, -0.15) is 0 Å². The molecule has 1 aliphatic heterocycles. The van der Waals surface area contributed by atoms with Gasteiger partial charge in [0.1, 0.15) is 0 Å². The zero-order chi connectivity index (χ0) is 5.98. The number of hydrogen-bond donors (Lipinski definition) is 0. The van der Waals surface area contributed by atoms with Crippen molar-refractivity contribution in [3.63, 3.8) is 0 Å². The fraction of sp³-hybridized carbons (Fsp3) is 0.857. The fourth-order valence-corrected chi connectivity index (χ4v) is 3.49. The summed E-state index contributed by atoms with van der Waals surface area (Å²) in [6, 6.07) is 0. The lowest BCUT2D eigenvalue weighted by Crippen LogP contribution is -2.04. The van der Waals surface area contributed by atoms with Crippen LogP contribution in [0.2, 0.25) is 0 Å². The zero-order valence-corrected chi connectivity index (χ0v) is 7.73. The first-order valence-electron chi connectivity index (χ1n) is 3.20. The predicted octanol–water partition coefficient (Wildman–Crippen LogP) is 2.58. The normalized spacial score (nSPS) is 30.8. The Kier molecular flexibility index (Phi) is 2.47. The van der Waals surface area contributed by atoms with Gasteiger partial charge in [-0.15, -0.1) is 20.7 Å². The van der Waals surface area contributed by atoms with Crippen molar-refractivity contribution in [1.29, 1.82) is 0 Å². The van der Waals surface area contributed by atoms with Gasteiger partial charge in [-0.3, -0.25) is 0 Å². The third-order valence-corrected chi connectivity index (χ3v) is 5.34. The summed E-state index contributed by atoms with van der Waals surface area (Å²) in [4.78, 5) is 0. The Labute approximate surface area is 61.4 Å². The van der Waals surface area contributed by atoms with Crippen LogP contribution in [0.15, 0.2) is 0 Å². The molecule has 0 aromatic carbocycles. The molecule has 0 aromatic heterocycles. The zero-order valence-electron chi connectivity index (χ0n) is 5.58. The van der Waals surface area contributed by atoms with Crippen molar-refractivity contribution in [2.75, 3.05) is 4.43 Å². The summed E-state index contributed by atoms with van der Waals surface area (Å²) in [5, 5.41) is 0. The van der Waals surface area contributed by atoms with Gasteiger partial charge in [0.2, 0.25) is 0 Å². The molecule has 0 fully saturated rings. The summed E-state index contributed by atoms with van der Waals surface area (Å²) in [5.74, 6) is 1.05. The molecule has 1 unspecified atom stereocenters. The molecule has 1 heteroatoms. The Morgan fingerprint density at radius 1 is 1.62 bits per heavy atom. The predicted molar refractivity (Wildman–Crippen MR) is 48.0 cm³/mol. The monoisotopic (exact) mass is 224 g/mol. The largest absolute Gasteiger partial charge is 0.124 e. The summed E-state index contributed by atoms with van der Waals surface area (Å²) in [7, 11) is 0. The number of halogens is 1. The van der Waals surface area contributed by atoms with E-state index in [1.165, 1.54) is 12.8 Å². The molecule has 1 atom stereocenters. The molecule has 0 aromatic rings. The lowest BCUT2D eigenvalue weighted by molar-refractivity contribution is 0.621. The Hall–Kier alpha value is 0.600. The third-order valence-electron chi connectivity index (χ3n) is 1.55. The van der Waals surface area contributed by atoms with Crippen LogP contribution in [0.4, 0.5) is 0 Å². The van der Waals surface area contributed by atoms with Crippen LogP contribution in [0.25, 0.3) is 0 Å². The van der Waals surface area contributed by atoms with Gasteiger partial charge in [0.25, 0.3) is 0 Å². The van der Waals surface area contributed by atoms with Crippen LogP contribution in [0.5, 0.6) is 0 Å². The van der Waals surface area contributed by atoms with E-state index in [2.05, 4.69) is 13.8 Å². The Morgan fingerprint density at radius 2 is 2.38 bits per heavy atom. The van der Waals surface area contributed by atoms with E-state index in [4.69, 9.17) is 0 Å². The van der Waals surface area contributed by atoms with Gasteiger partial charge in [0, 0.05) is 0 Å². The molecule has 1 rings (SSSR count). The van der Waals surface area contributed by atoms with Crippen LogP contribution < -0.4 is 0 Å². The van der Waals surface area contributed by atoms with E-state index in [1.54, 1.807) is 4.43 Å². The number of hydrogen-bond acceptors (Lipinski definition) is 0. The van der Waals surface area contributed by atoms with Crippen LogP contribution in [0, 0.1) is 5.92 Å². The van der Waals surface area contributed by atoms with E-state index in [-0.39, 0.29) is 0 Å². The van der Waals surface area contributed by atoms with E-state index < -0.39 is 0 Å². The van der Waals surface area contributed by atoms with Gasteiger partial charge >= 0.3 is 0 Å². The standard InChI is InChI=1S/C7H13I/c1-6-3-4-7(2)8-5-6/h6H,3-5H2,1-2H3. The van der Waals surface area contributed by atoms with Crippen LogP contribution in [-0.2, 0) is 0 Å². The lowest BCUT2D eigenvalue weighted by Gasteiger charge is -2.13. The highest BCUT2D eigenvalue weighted by Crippen LogP contribution is 2.21. The summed E-state index contributed by atoms with van der Waals surface area (Å²) in [6.45, 7) is 4.71. The molecule has 0 spiro atoms. The second-order valence-electron chi connectivity index (χ2n) is 2.61. The van der Waals surface area contributed by atoms with Crippen molar-refractivity contribution >= 4 is 24.2 Å². The maximum atomic E-state index is 2.38. The fourth-order valence-electron chi connectivity index (χ4n) is 0.853. The molecule has 1 heterocycles. The molecule has 0 saturated heterocycles. The molecule has 0 saturated carbocycles. The second-order valence-corrected chi connectivity index (χ2v) is 6.09. The van der Waals surface area contributed by atoms with Crippen molar-refractivity contribution in [3.05, 3.63) is 0 Å². The quantitative estimate of drug-likeness (QED) is 0.438. The topological polar surface area (TPSA) is 0 Å². The van der Waals surface area contributed by atoms with Crippen LogP contribution in [0.1, 0.15) is 26.7 Å². The Morgan fingerprint density at radius 3 is 2.75 bits per heavy atom. The first-order chi connectivity index (χ1) is 3.79. The van der Waals surface area contributed by atoms with E-state index in [0.717, 1.165) is 5.92 Å². The van der Waals surface area contributed by atoms with Gasteiger partial charge in [-0.25, -0.2) is 0 Å². The number of rotatable bonds is 0. The first-order valence-corrected chi connectivity index (χ1v) is 5.81. The summed E-state index contributed by atoms with van der Waals surface area (Å²) < 4.78 is 3.37. The maximum absolute atomic E-state index is 2.38. The average Bonchev–Trinajstić information content (AvgIpc) is 1.77. The van der Waals surface area contributed by atoms with Gasteiger partial charge in [0.05, 0.1) is 0 Å². The highest BCUT2D eigenvalue weighted by atomic mass is 127. The Balaban J connectivity index is 2.42. The van der Waals surface area contributed by atoms with Crippen LogP contribution >= 0.6 is 20.7 Å². The van der Waals surface area contributed by atoms with Crippen molar-refractivity contribution in [1.82, 2.24) is 0 Å². The third kappa shape index (κ3) is 1.84. The highest BCUT2D eigenvalue weighted by molar-refractivity contribution is 14.2. The van der Waals surface area contributed by atoms with Gasteiger partial charge in [-0.05, 0) is 33.6 Å². The smallest absolute Gasteiger partial charge is 0.00270 e. The molecule has 0 N–H and O–H groups in total. The van der Waals surface area contributed by atoms with Crippen molar-refractivity contribution in [2.45, 2.75) is 26.7 Å². The van der Waals surface area contributed by atoms with Crippen molar-refractivity contribution in [3.8, 4) is 0 Å². The SMILES string of the molecule is CC1=ICC(C)CC1. The van der Waals surface area contributed by atoms with E-state index >= 15 is 0 Å². The van der Waals surface area contributed by atoms with Crippen LogP contribution in [-0.4, -0.2) is 7.94 Å². The van der Waals surface area contributed by atoms with Crippen molar-refractivity contribution < 1.29 is 0 Å². The van der Waals surface area contributed by atoms with Crippen molar-refractivity contribution in [2.24, 2.45) is 5.92 Å². The molecule has 0 nitrogen and oxygen atoms in total. The Bertz CT molecular complexity index is 105. The molecular formula is C7H13I. The molecule has 0 aliphatic carbocycles. The minimum absolute atomic E-state index is 0.528. The first kappa shape index (κ1) is 6.72.